The summed E-state index contributed by atoms with van der Waals surface area (Å²) >= 11 is 0. The highest BCUT2D eigenvalue weighted by Crippen LogP contribution is 2.52. The van der Waals surface area contributed by atoms with Crippen LogP contribution >= 0.6 is 0 Å². The van der Waals surface area contributed by atoms with E-state index in [0.717, 1.165) is 24.7 Å². The normalized spacial score (nSPS) is 30.7. The second-order valence-corrected chi connectivity index (χ2v) is 6.56. The van der Waals surface area contributed by atoms with Crippen molar-refractivity contribution in [2.24, 2.45) is 23.4 Å². The lowest BCUT2D eigenvalue weighted by atomic mass is 9.57. The van der Waals surface area contributed by atoms with Crippen molar-refractivity contribution in [1.82, 2.24) is 20.4 Å². The molecule has 3 atom stereocenters. The molecule has 0 radical (unpaired) electrons. The molecule has 2 heterocycles. The van der Waals surface area contributed by atoms with Crippen LogP contribution in [0, 0.1) is 11.3 Å². The molecular weight excluding hydrogens is 266 g/mol. The molecule has 3 rings (SSSR count). The predicted molar refractivity (Wildman–Crippen MR) is 82.0 cm³/mol. The van der Waals surface area contributed by atoms with E-state index < -0.39 is 0 Å². The standard InChI is InChI=1S/C15H25N5O/c1-15(2)12(11-6-8-21-13(11)15)19-14(16-3)17-9-10-5-7-18-20(10)4/h5,7,11-13H,6,8-9H2,1-4H3,(H2,16,17,19). The van der Waals surface area contributed by atoms with Gasteiger partial charge in [-0.25, -0.2) is 0 Å². The van der Waals surface area contributed by atoms with E-state index in [-0.39, 0.29) is 5.41 Å². The molecule has 1 saturated carbocycles. The van der Waals surface area contributed by atoms with E-state index in [1.54, 1.807) is 0 Å². The lowest BCUT2D eigenvalue weighted by Crippen LogP contribution is -2.67. The summed E-state index contributed by atoms with van der Waals surface area (Å²) < 4.78 is 7.70. The van der Waals surface area contributed by atoms with Gasteiger partial charge in [0.25, 0.3) is 0 Å². The van der Waals surface area contributed by atoms with Gasteiger partial charge in [0.15, 0.2) is 5.96 Å². The summed E-state index contributed by atoms with van der Waals surface area (Å²) in [5.74, 6) is 1.45. The molecule has 1 aliphatic carbocycles. The van der Waals surface area contributed by atoms with Crippen molar-refractivity contribution in [1.29, 1.82) is 0 Å². The van der Waals surface area contributed by atoms with E-state index in [2.05, 4.69) is 34.6 Å². The van der Waals surface area contributed by atoms with Gasteiger partial charge in [0.1, 0.15) is 0 Å². The molecule has 2 fully saturated rings. The molecule has 116 valence electrons. The Morgan fingerprint density at radius 2 is 2.38 bits per heavy atom. The maximum atomic E-state index is 5.84. The van der Waals surface area contributed by atoms with Crippen LogP contribution in [0.5, 0.6) is 0 Å². The Hall–Kier alpha value is -1.56. The molecule has 2 N–H and O–H groups in total. The van der Waals surface area contributed by atoms with E-state index in [1.807, 2.05) is 31.0 Å². The number of aliphatic imine (C=N–C) groups is 1. The van der Waals surface area contributed by atoms with E-state index in [0.29, 0.717) is 24.6 Å². The molecule has 3 unspecified atom stereocenters. The third-order valence-corrected chi connectivity index (χ3v) is 4.98. The van der Waals surface area contributed by atoms with Crippen molar-refractivity contribution in [2.45, 2.75) is 39.0 Å². The lowest BCUT2D eigenvalue weighted by molar-refractivity contribution is -0.106. The molecule has 21 heavy (non-hydrogen) atoms. The Kier molecular flexibility index (Phi) is 3.65. The van der Waals surface area contributed by atoms with Crippen LogP contribution in [0.1, 0.15) is 26.0 Å². The fourth-order valence-electron chi connectivity index (χ4n) is 3.71. The number of guanidine groups is 1. The second-order valence-electron chi connectivity index (χ2n) is 6.56. The monoisotopic (exact) mass is 291 g/mol. The predicted octanol–water partition coefficient (Wildman–Crippen LogP) is 0.899. The van der Waals surface area contributed by atoms with Crippen molar-refractivity contribution in [3.8, 4) is 0 Å². The van der Waals surface area contributed by atoms with Gasteiger partial charge in [-0.2, -0.15) is 5.10 Å². The molecule has 1 saturated heterocycles. The molecule has 0 aromatic carbocycles. The highest BCUT2D eigenvalue weighted by molar-refractivity contribution is 5.80. The second kappa shape index (κ2) is 5.33. The Morgan fingerprint density at radius 1 is 1.57 bits per heavy atom. The number of nitrogens with zero attached hydrogens (tertiary/aromatic N) is 3. The molecular formula is C15H25N5O. The first-order valence-corrected chi connectivity index (χ1v) is 7.59. The van der Waals surface area contributed by atoms with Gasteiger partial charge in [-0.15, -0.1) is 0 Å². The van der Waals surface area contributed by atoms with Crippen LogP contribution in [-0.4, -0.2) is 41.5 Å². The zero-order valence-electron chi connectivity index (χ0n) is 13.3. The third kappa shape index (κ3) is 2.41. The highest BCUT2D eigenvalue weighted by Gasteiger charge is 2.59. The number of hydrogen-bond acceptors (Lipinski definition) is 3. The topological polar surface area (TPSA) is 63.5 Å². The van der Waals surface area contributed by atoms with Gasteiger partial charge >= 0.3 is 0 Å². The molecule has 0 spiro atoms. The molecule has 1 aliphatic heterocycles. The first kappa shape index (κ1) is 14.4. The summed E-state index contributed by atoms with van der Waals surface area (Å²) in [5, 5.41) is 11.1. The van der Waals surface area contributed by atoms with Crippen LogP contribution in [-0.2, 0) is 18.3 Å². The minimum atomic E-state index is 0.158. The SMILES string of the molecule is CN=C(NCc1ccnn1C)NC1C2CCOC2C1(C)C. The minimum absolute atomic E-state index is 0.158. The summed E-state index contributed by atoms with van der Waals surface area (Å²) in [5.41, 5.74) is 1.29. The van der Waals surface area contributed by atoms with Crippen LogP contribution in [0.15, 0.2) is 17.3 Å². The highest BCUT2D eigenvalue weighted by atomic mass is 16.5. The van der Waals surface area contributed by atoms with Crippen LogP contribution in [0.3, 0.4) is 0 Å². The van der Waals surface area contributed by atoms with Gasteiger partial charge < -0.3 is 15.4 Å². The number of aryl methyl sites for hydroxylation is 1. The number of aromatic nitrogens is 2. The molecule has 1 aromatic rings. The summed E-state index contributed by atoms with van der Waals surface area (Å²) in [6.07, 6.45) is 3.35. The fraction of sp³-hybridized carbons (Fsp3) is 0.733. The minimum Gasteiger partial charge on any atom is -0.377 e. The van der Waals surface area contributed by atoms with Gasteiger partial charge in [-0.3, -0.25) is 9.67 Å². The summed E-state index contributed by atoms with van der Waals surface area (Å²) in [7, 11) is 3.76. The van der Waals surface area contributed by atoms with Crippen LogP contribution < -0.4 is 10.6 Å². The average Bonchev–Trinajstić information content (AvgIpc) is 3.07. The Labute approximate surface area is 126 Å². The van der Waals surface area contributed by atoms with Crippen molar-refractivity contribution in [3.63, 3.8) is 0 Å². The van der Waals surface area contributed by atoms with Gasteiger partial charge in [0, 0.05) is 44.3 Å². The zero-order valence-corrected chi connectivity index (χ0v) is 13.3. The quantitative estimate of drug-likeness (QED) is 0.641. The number of hydrogen-bond donors (Lipinski definition) is 2. The summed E-state index contributed by atoms with van der Waals surface area (Å²) in [6.45, 7) is 6.14. The number of ether oxygens (including phenoxy) is 1. The van der Waals surface area contributed by atoms with Gasteiger partial charge in [0.2, 0.25) is 0 Å². The van der Waals surface area contributed by atoms with Crippen molar-refractivity contribution < 1.29 is 4.74 Å². The van der Waals surface area contributed by atoms with Crippen molar-refractivity contribution in [2.75, 3.05) is 13.7 Å². The van der Waals surface area contributed by atoms with E-state index >= 15 is 0 Å². The number of nitrogens with one attached hydrogen (secondary N) is 2. The molecule has 6 heteroatoms. The van der Waals surface area contributed by atoms with Crippen LogP contribution in [0.4, 0.5) is 0 Å². The maximum absolute atomic E-state index is 5.84. The summed E-state index contributed by atoms with van der Waals surface area (Å²) in [4.78, 5) is 4.34. The molecule has 1 aromatic heterocycles. The zero-order chi connectivity index (χ0) is 15.0. The van der Waals surface area contributed by atoms with Gasteiger partial charge in [0.05, 0.1) is 18.3 Å². The molecule has 0 bridgehead atoms. The van der Waals surface area contributed by atoms with Gasteiger partial charge in [-0.05, 0) is 12.5 Å². The van der Waals surface area contributed by atoms with E-state index in [9.17, 15) is 0 Å². The third-order valence-electron chi connectivity index (χ3n) is 4.98. The lowest BCUT2D eigenvalue weighted by Gasteiger charge is -2.54. The number of fused-ring (bicyclic) bond motifs is 1. The Bertz CT molecular complexity index is 536. The van der Waals surface area contributed by atoms with Crippen molar-refractivity contribution >= 4 is 5.96 Å². The maximum Gasteiger partial charge on any atom is 0.191 e. The van der Waals surface area contributed by atoms with E-state index in [1.165, 1.54) is 0 Å². The first-order chi connectivity index (χ1) is 10.0. The smallest absolute Gasteiger partial charge is 0.191 e. The van der Waals surface area contributed by atoms with Crippen LogP contribution in [0.25, 0.3) is 0 Å². The average molecular weight is 291 g/mol. The fourth-order valence-corrected chi connectivity index (χ4v) is 3.71. The van der Waals surface area contributed by atoms with Crippen molar-refractivity contribution in [3.05, 3.63) is 18.0 Å². The van der Waals surface area contributed by atoms with Crippen LogP contribution in [0.2, 0.25) is 0 Å². The molecule has 0 amide bonds. The molecule has 6 nitrogen and oxygen atoms in total. The molecule has 2 aliphatic rings. The Balaban J connectivity index is 1.59. The largest absolute Gasteiger partial charge is 0.377 e. The first-order valence-electron chi connectivity index (χ1n) is 7.59. The summed E-state index contributed by atoms with van der Waals surface area (Å²) in [6, 6.07) is 2.43. The number of rotatable bonds is 3. The van der Waals surface area contributed by atoms with Gasteiger partial charge in [-0.1, -0.05) is 13.8 Å². The Morgan fingerprint density at radius 3 is 3.05 bits per heavy atom. The van der Waals surface area contributed by atoms with E-state index in [4.69, 9.17) is 4.74 Å².